The Balaban J connectivity index is 2.00. The van der Waals surface area contributed by atoms with Gasteiger partial charge in [0.05, 0.1) is 33.0 Å². The van der Waals surface area contributed by atoms with Gasteiger partial charge in [-0.25, -0.2) is 0 Å². The summed E-state index contributed by atoms with van der Waals surface area (Å²) < 4.78 is 16.2. The molecular weight excluding hydrogens is 208 g/mol. The van der Waals surface area contributed by atoms with Crippen LogP contribution in [0.4, 0.5) is 0 Å². The van der Waals surface area contributed by atoms with Crippen molar-refractivity contribution in [3.8, 4) is 0 Å². The van der Waals surface area contributed by atoms with E-state index in [2.05, 4.69) is 10.6 Å². The van der Waals surface area contributed by atoms with E-state index in [1.54, 1.807) is 0 Å². The lowest BCUT2D eigenvalue weighted by Gasteiger charge is -2.10. The second-order valence-electron chi connectivity index (χ2n) is 3.69. The fraction of sp³-hybridized carbons (Fsp3) is 1.00. The second-order valence-corrected chi connectivity index (χ2v) is 3.69. The van der Waals surface area contributed by atoms with Crippen LogP contribution < -0.4 is 10.6 Å². The highest BCUT2D eigenvalue weighted by Gasteiger charge is 1.94. The second kappa shape index (κ2) is 11.3. The molecule has 16 heavy (non-hydrogen) atoms. The van der Waals surface area contributed by atoms with Gasteiger partial charge in [-0.3, -0.25) is 0 Å². The Bertz CT molecular complexity index is 83.2. The van der Waals surface area contributed by atoms with Gasteiger partial charge in [0.25, 0.3) is 0 Å². The topological polar surface area (TPSA) is 51.8 Å². The van der Waals surface area contributed by atoms with Gasteiger partial charge in [-0.05, 0) is 13.0 Å². The van der Waals surface area contributed by atoms with E-state index in [1.165, 1.54) is 0 Å². The summed E-state index contributed by atoms with van der Waals surface area (Å²) in [5, 5.41) is 6.57. The van der Waals surface area contributed by atoms with Crippen LogP contribution in [0.5, 0.6) is 0 Å². The van der Waals surface area contributed by atoms with E-state index >= 15 is 0 Å². The maximum absolute atomic E-state index is 5.46. The van der Waals surface area contributed by atoms with Crippen molar-refractivity contribution in [3.05, 3.63) is 0 Å². The standard InChI is InChI=1S/C11H24N2O3/c1-2-12-3-8-15-10-11-16-9-5-13-4-7-14-6-1/h12-13H,1-11H2. The molecule has 0 aromatic heterocycles. The normalized spacial score (nSPS) is 24.0. The van der Waals surface area contributed by atoms with Crippen molar-refractivity contribution in [3.63, 3.8) is 0 Å². The van der Waals surface area contributed by atoms with Crippen LogP contribution >= 0.6 is 0 Å². The lowest BCUT2D eigenvalue weighted by Crippen LogP contribution is -2.26. The minimum absolute atomic E-state index is 0.679. The molecule has 1 fully saturated rings. The Morgan fingerprint density at radius 2 is 1.00 bits per heavy atom. The molecule has 0 radical (unpaired) electrons. The highest BCUT2D eigenvalue weighted by atomic mass is 16.5. The first-order valence-corrected chi connectivity index (χ1v) is 6.15. The highest BCUT2D eigenvalue weighted by Crippen LogP contribution is 1.83. The van der Waals surface area contributed by atoms with E-state index in [4.69, 9.17) is 14.2 Å². The van der Waals surface area contributed by atoms with Crippen LogP contribution in [0, 0.1) is 0 Å². The highest BCUT2D eigenvalue weighted by molar-refractivity contribution is 4.49. The summed E-state index contributed by atoms with van der Waals surface area (Å²) in [4.78, 5) is 0. The first kappa shape index (κ1) is 13.9. The zero-order valence-electron chi connectivity index (χ0n) is 10.0. The average Bonchev–Trinajstić information content (AvgIpc) is 2.29. The lowest BCUT2D eigenvalue weighted by atomic mass is 10.4. The molecule has 1 saturated heterocycles. The van der Waals surface area contributed by atoms with Gasteiger partial charge in [-0.2, -0.15) is 0 Å². The van der Waals surface area contributed by atoms with Crippen LogP contribution in [0.2, 0.25) is 0 Å². The van der Waals surface area contributed by atoms with Gasteiger partial charge in [0.15, 0.2) is 0 Å². The van der Waals surface area contributed by atoms with E-state index in [-0.39, 0.29) is 0 Å². The molecule has 0 aromatic rings. The average molecular weight is 232 g/mol. The molecule has 5 nitrogen and oxygen atoms in total. The Kier molecular flexibility index (Phi) is 9.78. The van der Waals surface area contributed by atoms with Crippen molar-refractivity contribution in [2.45, 2.75) is 6.42 Å². The van der Waals surface area contributed by atoms with Crippen LogP contribution in [0.1, 0.15) is 6.42 Å². The van der Waals surface area contributed by atoms with Crippen molar-refractivity contribution in [1.82, 2.24) is 10.6 Å². The van der Waals surface area contributed by atoms with Crippen LogP contribution in [0.15, 0.2) is 0 Å². The molecule has 1 heterocycles. The molecule has 5 heteroatoms. The van der Waals surface area contributed by atoms with Crippen LogP contribution in [0.3, 0.4) is 0 Å². The minimum atomic E-state index is 0.679. The van der Waals surface area contributed by atoms with Gasteiger partial charge < -0.3 is 24.8 Å². The molecule has 0 unspecified atom stereocenters. The molecular formula is C11H24N2O3. The number of nitrogens with one attached hydrogen (secondary N) is 2. The van der Waals surface area contributed by atoms with Gasteiger partial charge >= 0.3 is 0 Å². The third-order valence-electron chi connectivity index (χ3n) is 2.28. The molecule has 0 bridgehead atoms. The Morgan fingerprint density at radius 1 is 0.500 bits per heavy atom. The first-order chi connectivity index (χ1) is 8.00. The summed E-state index contributed by atoms with van der Waals surface area (Å²) in [6.07, 6.45) is 1.06. The Hall–Kier alpha value is -0.200. The summed E-state index contributed by atoms with van der Waals surface area (Å²) in [6.45, 7) is 8.13. The molecule has 96 valence electrons. The fourth-order valence-electron chi connectivity index (χ4n) is 1.41. The van der Waals surface area contributed by atoms with E-state index in [0.717, 1.165) is 59.0 Å². The van der Waals surface area contributed by atoms with Gasteiger partial charge in [0.1, 0.15) is 0 Å². The van der Waals surface area contributed by atoms with Crippen LogP contribution in [-0.4, -0.2) is 65.8 Å². The van der Waals surface area contributed by atoms with Crippen LogP contribution in [0.25, 0.3) is 0 Å². The number of ether oxygens (including phenoxy) is 3. The smallest absolute Gasteiger partial charge is 0.0701 e. The van der Waals surface area contributed by atoms with Crippen molar-refractivity contribution < 1.29 is 14.2 Å². The zero-order valence-corrected chi connectivity index (χ0v) is 10.0. The van der Waals surface area contributed by atoms with Crippen molar-refractivity contribution in [2.75, 3.05) is 65.8 Å². The molecule has 1 aliphatic heterocycles. The molecule has 1 rings (SSSR count). The van der Waals surface area contributed by atoms with Crippen molar-refractivity contribution >= 4 is 0 Å². The molecule has 0 spiro atoms. The Labute approximate surface area is 97.8 Å². The summed E-state index contributed by atoms with van der Waals surface area (Å²) in [5.74, 6) is 0. The molecule has 1 aliphatic rings. The Morgan fingerprint density at radius 3 is 1.62 bits per heavy atom. The van der Waals surface area contributed by atoms with Gasteiger partial charge in [-0.15, -0.1) is 0 Å². The monoisotopic (exact) mass is 232 g/mol. The van der Waals surface area contributed by atoms with Gasteiger partial charge in [0, 0.05) is 26.2 Å². The molecule has 2 N–H and O–H groups in total. The van der Waals surface area contributed by atoms with Crippen molar-refractivity contribution in [2.24, 2.45) is 0 Å². The summed E-state index contributed by atoms with van der Waals surface area (Å²) in [6, 6.07) is 0. The number of hydrogen-bond donors (Lipinski definition) is 2. The molecule has 0 amide bonds. The maximum Gasteiger partial charge on any atom is 0.0701 e. The van der Waals surface area contributed by atoms with Crippen molar-refractivity contribution in [1.29, 1.82) is 0 Å². The van der Waals surface area contributed by atoms with Gasteiger partial charge in [0.2, 0.25) is 0 Å². The van der Waals surface area contributed by atoms with Gasteiger partial charge in [-0.1, -0.05) is 0 Å². The molecule has 0 atom stereocenters. The molecule has 0 aromatic carbocycles. The predicted molar refractivity (Wildman–Crippen MR) is 62.8 cm³/mol. The first-order valence-electron chi connectivity index (χ1n) is 6.15. The van der Waals surface area contributed by atoms with E-state index in [0.29, 0.717) is 13.2 Å². The molecule has 0 saturated carbocycles. The summed E-state index contributed by atoms with van der Waals surface area (Å²) in [7, 11) is 0. The quantitative estimate of drug-likeness (QED) is 0.596. The van der Waals surface area contributed by atoms with Crippen LogP contribution in [-0.2, 0) is 14.2 Å². The third kappa shape index (κ3) is 9.06. The SMILES string of the molecule is C1CNCCOCCOCCNCCOC1. The third-order valence-corrected chi connectivity index (χ3v) is 2.28. The van der Waals surface area contributed by atoms with E-state index in [9.17, 15) is 0 Å². The van der Waals surface area contributed by atoms with E-state index in [1.807, 2.05) is 0 Å². The maximum atomic E-state index is 5.46. The summed E-state index contributed by atoms with van der Waals surface area (Å²) >= 11 is 0. The number of rotatable bonds is 0. The lowest BCUT2D eigenvalue weighted by molar-refractivity contribution is 0.0481. The zero-order chi connectivity index (χ0) is 11.3. The summed E-state index contributed by atoms with van der Waals surface area (Å²) in [5.41, 5.74) is 0. The largest absolute Gasteiger partial charge is 0.380 e. The van der Waals surface area contributed by atoms with E-state index < -0.39 is 0 Å². The molecule has 0 aliphatic carbocycles. The minimum Gasteiger partial charge on any atom is -0.380 e. The number of hydrogen-bond acceptors (Lipinski definition) is 5. The fourth-order valence-corrected chi connectivity index (χ4v) is 1.41. The predicted octanol–water partition coefficient (Wildman–Crippen LogP) is -0.381.